The third-order valence-electron chi connectivity index (χ3n) is 18.8. The number of benzene rings is 2. The zero-order chi connectivity index (χ0) is 90.1. The van der Waals surface area contributed by atoms with E-state index in [1.165, 1.54) is 0 Å². The number of carbonyl (C=O) groups excluding carboxylic acids is 13. The van der Waals surface area contributed by atoms with Crippen molar-refractivity contribution in [1.29, 1.82) is 0 Å². The smallest absolute Gasteiger partial charge is 0.306 e. The summed E-state index contributed by atoms with van der Waals surface area (Å²) in [5.41, 5.74) is -11.1. The van der Waals surface area contributed by atoms with Gasteiger partial charge in [-0.3, -0.25) is 62.3 Å². The van der Waals surface area contributed by atoms with Gasteiger partial charge in [0.05, 0.1) is 6.42 Å². The Balaban J connectivity index is 2.58. The number of nitrogens with one attached hydrogen (secondary N) is 3. The summed E-state index contributed by atoms with van der Waals surface area (Å²) in [6.45, 7) is 45.5. The second-order valence-corrected chi connectivity index (χ2v) is 40.9. The Morgan fingerprint density at radius 3 is 0.602 bits per heavy atom. The van der Waals surface area contributed by atoms with Crippen LogP contribution in [0.15, 0.2) is 48.5 Å². The van der Waals surface area contributed by atoms with Gasteiger partial charge in [-0.25, -0.2) is 0 Å². The lowest BCUT2D eigenvalue weighted by Crippen LogP contribution is -2.51. The van der Waals surface area contributed by atoms with Gasteiger partial charge >= 0.3 is 59.7 Å². The molecule has 2 aromatic rings. The summed E-state index contributed by atoms with van der Waals surface area (Å²) < 4.78 is 58.4. The molecule has 3 amide bonds. The zero-order valence-corrected chi connectivity index (χ0v) is 76.5. The first-order valence-corrected chi connectivity index (χ1v) is 41.9. The molecule has 3 rings (SSSR count). The molecule has 0 spiro atoms. The summed E-state index contributed by atoms with van der Waals surface area (Å²) in [5.74, 6) is -9.20. The SMILES string of the molecule is CC(C)(C)OC(=O)CCC(CCC(=O)OC(C)(C)C)(CCC(=O)OC(C)(C)C)NC(=O)CCC(CCC(=O)NC(CCC(=O)OC(C)(C)C)(CCC(=O)OC(C)(C)C)CCC(=O)OC(C)(C)C)(CCC(=O)NC(CCC(=O)OC(C)(C)C)(CCC(=O)OC(C)(C)C)CCC(=O)OC(C)(C)C)CC(=O)OCC1c2ccccc2-c2ccccc21. The van der Waals surface area contributed by atoms with E-state index < -0.39 is 181 Å². The fourth-order valence-corrected chi connectivity index (χ4v) is 14.1. The summed E-state index contributed by atoms with van der Waals surface area (Å²) in [6, 6.07) is 15.4. The molecule has 0 bridgehead atoms. The molecule has 1 aliphatic rings. The lowest BCUT2D eigenvalue weighted by atomic mass is 9.72. The van der Waals surface area contributed by atoms with E-state index in [1.54, 1.807) is 187 Å². The number of carbonyl (C=O) groups is 13. The number of esters is 10. The molecule has 666 valence electrons. The van der Waals surface area contributed by atoms with Gasteiger partial charge in [0.15, 0.2) is 0 Å². The maximum absolute atomic E-state index is 15.7. The molecule has 0 heterocycles. The maximum atomic E-state index is 15.7. The van der Waals surface area contributed by atoms with Gasteiger partial charge in [0.2, 0.25) is 17.7 Å². The fourth-order valence-electron chi connectivity index (χ4n) is 14.1. The minimum Gasteiger partial charge on any atom is -0.465 e. The number of hydrogen-bond donors (Lipinski definition) is 3. The molecule has 0 unspecified atom stereocenters. The Bertz CT molecular complexity index is 3170. The van der Waals surface area contributed by atoms with Crippen molar-refractivity contribution in [3.63, 3.8) is 0 Å². The van der Waals surface area contributed by atoms with Gasteiger partial charge in [0, 0.05) is 99.6 Å². The molecule has 3 N–H and O–H groups in total. The second kappa shape index (κ2) is 43.2. The highest BCUT2D eigenvalue weighted by molar-refractivity contribution is 5.83. The normalized spacial score (nSPS) is 13.3. The first kappa shape index (κ1) is 104. The largest absolute Gasteiger partial charge is 0.465 e. The molecule has 0 aromatic heterocycles. The van der Waals surface area contributed by atoms with E-state index in [4.69, 9.17) is 47.4 Å². The third-order valence-corrected chi connectivity index (χ3v) is 18.8. The van der Waals surface area contributed by atoms with Crippen LogP contribution in [-0.4, -0.2) is 151 Å². The van der Waals surface area contributed by atoms with E-state index >= 15 is 19.2 Å². The van der Waals surface area contributed by atoms with E-state index in [1.807, 2.05) is 48.5 Å². The second-order valence-electron chi connectivity index (χ2n) is 40.9. The van der Waals surface area contributed by atoms with Gasteiger partial charge in [0.1, 0.15) is 57.0 Å². The highest BCUT2D eigenvalue weighted by Crippen LogP contribution is 2.46. The Labute approximate surface area is 703 Å². The van der Waals surface area contributed by atoms with Crippen LogP contribution < -0.4 is 16.0 Å². The number of hydrogen-bond acceptors (Lipinski definition) is 23. The lowest BCUT2D eigenvalue weighted by molar-refractivity contribution is -0.158. The molecule has 118 heavy (non-hydrogen) atoms. The highest BCUT2D eigenvalue weighted by Gasteiger charge is 2.44. The van der Waals surface area contributed by atoms with Crippen molar-refractivity contribution in [3.8, 4) is 11.1 Å². The minimum atomic E-state index is -1.65. The van der Waals surface area contributed by atoms with Gasteiger partial charge in [0.25, 0.3) is 0 Å². The van der Waals surface area contributed by atoms with Crippen molar-refractivity contribution < 1.29 is 110 Å². The molecule has 0 aliphatic heterocycles. The fraction of sp³-hybridized carbons (Fsp3) is 0.728. The Morgan fingerprint density at radius 1 is 0.246 bits per heavy atom. The van der Waals surface area contributed by atoms with E-state index in [0.29, 0.717) is 0 Å². The lowest BCUT2D eigenvalue weighted by Gasteiger charge is -2.38. The van der Waals surface area contributed by atoms with Crippen molar-refractivity contribution in [1.82, 2.24) is 16.0 Å². The van der Waals surface area contributed by atoms with Crippen molar-refractivity contribution in [2.75, 3.05) is 6.61 Å². The van der Waals surface area contributed by atoms with Crippen LogP contribution in [0.3, 0.4) is 0 Å². The van der Waals surface area contributed by atoms with Crippen LogP contribution in [-0.2, 0) is 110 Å². The molecule has 26 heteroatoms. The molecule has 2 aromatic carbocycles. The molecule has 0 saturated heterocycles. The molecular weight excluding hydrogens is 1520 g/mol. The van der Waals surface area contributed by atoms with Crippen LogP contribution in [0.1, 0.15) is 365 Å². The highest BCUT2D eigenvalue weighted by atomic mass is 16.6. The quantitative estimate of drug-likeness (QED) is 0.0410. The van der Waals surface area contributed by atoms with Crippen LogP contribution >= 0.6 is 0 Å². The van der Waals surface area contributed by atoms with Gasteiger partial charge < -0.3 is 63.3 Å². The number of fused-ring (bicyclic) bond motifs is 3. The van der Waals surface area contributed by atoms with E-state index in [-0.39, 0.29) is 141 Å². The van der Waals surface area contributed by atoms with Gasteiger partial charge in [-0.1, -0.05) is 48.5 Å². The Kier molecular flexibility index (Phi) is 37.9. The van der Waals surface area contributed by atoms with Gasteiger partial charge in [-0.05, 0) is 292 Å². The minimum absolute atomic E-state index is 0.167. The predicted octanol–water partition coefficient (Wildman–Crippen LogP) is 16.7. The predicted molar refractivity (Wildman–Crippen MR) is 448 cm³/mol. The Hall–Kier alpha value is -8.45. The van der Waals surface area contributed by atoms with E-state index in [9.17, 15) is 43.2 Å². The summed E-state index contributed by atoms with van der Waals surface area (Å²) in [7, 11) is 0. The topological polar surface area (TPSA) is 350 Å². The monoisotopic (exact) mass is 1660 g/mol. The standard InChI is InChI=1S/C92H145N3O23/c1-80(2,3)110-70(99)39-51-90(52-40-71(100)111-81(4,5)6,53-41-72(101)112-82(7,8)9)93-67(96)36-48-89(60-79(108)109-61-66-64-34-30-28-32-62(64)63-33-29-31-35-65(63)66,49-37-68(97)94-91(54-42-73(102)113-83(10,11)12,55-43-74(103)114-84(13,14)15)56-44-75(104)115-85(16,17)18)50-38-69(98)95-92(57-45-76(105)116-86(19,20)21,58-46-77(106)117-87(22,23)24)59-47-78(107)118-88(25,26)27/h28-35,66H,36-61H2,1-27H3,(H,93,96)(H,94,97)(H,95,98). The number of rotatable bonds is 43. The molecule has 0 atom stereocenters. The van der Waals surface area contributed by atoms with Crippen LogP contribution in [0.4, 0.5) is 0 Å². The summed E-state index contributed by atoms with van der Waals surface area (Å²) in [5, 5.41) is 9.43. The summed E-state index contributed by atoms with van der Waals surface area (Å²) >= 11 is 0. The molecule has 0 fully saturated rings. The van der Waals surface area contributed by atoms with Crippen molar-refractivity contribution in [3.05, 3.63) is 59.7 Å². The first-order valence-electron chi connectivity index (χ1n) is 41.9. The maximum Gasteiger partial charge on any atom is 0.306 e. The number of amides is 3. The van der Waals surface area contributed by atoms with E-state index in [2.05, 4.69) is 16.0 Å². The molecule has 0 saturated carbocycles. The average Bonchev–Trinajstić information content (AvgIpc) is 1.61. The average molecular weight is 1660 g/mol. The third kappa shape index (κ3) is 43.5. The van der Waals surface area contributed by atoms with Crippen LogP contribution in [0.5, 0.6) is 0 Å². The summed E-state index contributed by atoms with van der Waals surface area (Å²) in [4.78, 5) is 187. The summed E-state index contributed by atoms with van der Waals surface area (Å²) in [6.07, 6.45) is -7.25. The van der Waals surface area contributed by atoms with Crippen LogP contribution in [0.2, 0.25) is 0 Å². The van der Waals surface area contributed by atoms with Crippen molar-refractivity contribution in [2.24, 2.45) is 5.41 Å². The van der Waals surface area contributed by atoms with E-state index in [0.717, 1.165) is 22.3 Å². The van der Waals surface area contributed by atoms with Gasteiger partial charge in [-0.2, -0.15) is 0 Å². The zero-order valence-electron chi connectivity index (χ0n) is 76.5. The number of ether oxygens (including phenoxy) is 10. The molecule has 0 radical (unpaired) electrons. The van der Waals surface area contributed by atoms with Crippen molar-refractivity contribution >= 4 is 77.4 Å². The van der Waals surface area contributed by atoms with Crippen LogP contribution in [0.25, 0.3) is 11.1 Å². The van der Waals surface area contributed by atoms with Gasteiger partial charge in [-0.15, -0.1) is 0 Å². The Morgan fingerprint density at radius 2 is 0.424 bits per heavy atom. The molecular formula is C92H145N3O23. The van der Waals surface area contributed by atoms with Crippen molar-refractivity contribution in [2.45, 2.75) is 420 Å². The first-order chi connectivity index (χ1) is 53.7. The van der Waals surface area contributed by atoms with Crippen LogP contribution in [0, 0.1) is 5.41 Å². The molecule has 1 aliphatic carbocycles. The molecule has 26 nitrogen and oxygen atoms in total.